The van der Waals surface area contributed by atoms with Gasteiger partial charge in [-0.05, 0) is 32.3 Å². The minimum Gasteiger partial charge on any atom is -0.365 e. The molecule has 0 aromatic carbocycles. The second-order valence-corrected chi connectivity index (χ2v) is 6.84. The summed E-state index contributed by atoms with van der Waals surface area (Å²) in [7, 11) is 0. The summed E-state index contributed by atoms with van der Waals surface area (Å²) in [4.78, 5) is 12.7. The standard InChI is InChI=1S/C12H20N2OS/c1-11(2,3)10(15)8-7-9(14-16-8)13-12(4,5)6/h7H,1-6H3,(H,13,14). The highest BCUT2D eigenvalue weighted by molar-refractivity contribution is 7.08. The second kappa shape index (κ2) is 4.17. The van der Waals surface area contributed by atoms with Crippen molar-refractivity contribution in [2.75, 3.05) is 5.32 Å². The van der Waals surface area contributed by atoms with Crippen molar-refractivity contribution in [3.8, 4) is 0 Å². The number of ketones is 1. The van der Waals surface area contributed by atoms with Gasteiger partial charge in [0.15, 0.2) is 5.78 Å². The molecule has 90 valence electrons. The molecule has 0 unspecified atom stereocenters. The number of carbonyl (C=O) groups is 1. The maximum atomic E-state index is 12.0. The van der Waals surface area contributed by atoms with Crippen LogP contribution in [0.15, 0.2) is 6.07 Å². The molecular weight excluding hydrogens is 220 g/mol. The zero-order valence-electron chi connectivity index (χ0n) is 10.8. The normalized spacial score (nSPS) is 12.6. The number of hydrogen-bond donors (Lipinski definition) is 1. The van der Waals surface area contributed by atoms with Gasteiger partial charge in [0.1, 0.15) is 5.82 Å². The molecule has 0 aliphatic carbocycles. The summed E-state index contributed by atoms with van der Waals surface area (Å²) in [6.45, 7) is 12.0. The monoisotopic (exact) mass is 240 g/mol. The highest BCUT2D eigenvalue weighted by atomic mass is 32.1. The first-order valence-electron chi connectivity index (χ1n) is 5.39. The van der Waals surface area contributed by atoms with Crippen LogP contribution in [0.5, 0.6) is 0 Å². The molecule has 3 nitrogen and oxygen atoms in total. The molecular formula is C12H20N2OS. The van der Waals surface area contributed by atoms with Gasteiger partial charge in [0.05, 0.1) is 4.88 Å². The molecule has 0 amide bonds. The van der Waals surface area contributed by atoms with E-state index in [1.807, 2.05) is 26.8 Å². The Bertz CT molecular complexity index is 382. The van der Waals surface area contributed by atoms with Gasteiger partial charge < -0.3 is 5.32 Å². The van der Waals surface area contributed by atoms with Crippen molar-refractivity contribution in [3.05, 3.63) is 10.9 Å². The van der Waals surface area contributed by atoms with Crippen LogP contribution in [0.2, 0.25) is 0 Å². The minimum absolute atomic E-state index is 0.0316. The number of aromatic nitrogens is 1. The van der Waals surface area contributed by atoms with Gasteiger partial charge in [-0.1, -0.05) is 20.8 Å². The van der Waals surface area contributed by atoms with Gasteiger partial charge in [-0.2, -0.15) is 4.37 Å². The Morgan fingerprint density at radius 1 is 1.25 bits per heavy atom. The summed E-state index contributed by atoms with van der Waals surface area (Å²) in [5, 5.41) is 3.25. The van der Waals surface area contributed by atoms with Crippen LogP contribution in [-0.4, -0.2) is 15.7 Å². The zero-order valence-corrected chi connectivity index (χ0v) is 11.7. The van der Waals surface area contributed by atoms with Crippen molar-refractivity contribution in [1.82, 2.24) is 4.37 Å². The number of Topliss-reactive ketones (excluding diaryl/α,β-unsaturated/α-hetero) is 1. The fraction of sp³-hybridized carbons (Fsp3) is 0.667. The van der Waals surface area contributed by atoms with Crippen LogP contribution in [0.25, 0.3) is 0 Å². The molecule has 0 aliphatic heterocycles. The third kappa shape index (κ3) is 3.59. The first-order valence-corrected chi connectivity index (χ1v) is 6.17. The van der Waals surface area contributed by atoms with E-state index in [0.717, 1.165) is 10.7 Å². The van der Waals surface area contributed by atoms with Crippen molar-refractivity contribution in [2.24, 2.45) is 5.41 Å². The van der Waals surface area contributed by atoms with Crippen LogP contribution >= 0.6 is 11.5 Å². The fourth-order valence-corrected chi connectivity index (χ4v) is 2.04. The SMILES string of the molecule is CC(C)(C)Nc1cc(C(=O)C(C)(C)C)sn1. The van der Waals surface area contributed by atoms with Gasteiger partial charge in [-0.25, -0.2) is 0 Å². The molecule has 0 atom stereocenters. The highest BCUT2D eigenvalue weighted by Gasteiger charge is 2.25. The molecule has 1 rings (SSSR count). The third-order valence-electron chi connectivity index (χ3n) is 1.92. The Morgan fingerprint density at radius 2 is 1.81 bits per heavy atom. The van der Waals surface area contributed by atoms with Gasteiger partial charge in [-0.3, -0.25) is 4.79 Å². The molecule has 0 fully saturated rings. The number of nitrogens with one attached hydrogen (secondary N) is 1. The molecule has 1 N–H and O–H groups in total. The van der Waals surface area contributed by atoms with Crippen LogP contribution in [0.3, 0.4) is 0 Å². The predicted octanol–water partition coefficient (Wildman–Crippen LogP) is 3.58. The second-order valence-electron chi connectivity index (χ2n) is 6.03. The van der Waals surface area contributed by atoms with Crippen molar-refractivity contribution in [2.45, 2.75) is 47.1 Å². The minimum atomic E-state index is -0.342. The number of anilines is 1. The number of nitrogens with zero attached hydrogens (tertiary/aromatic N) is 1. The lowest BCUT2D eigenvalue weighted by Gasteiger charge is -2.19. The summed E-state index contributed by atoms with van der Waals surface area (Å²) >= 11 is 1.26. The number of hydrogen-bond acceptors (Lipinski definition) is 4. The van der Waals surface area contributed by atoms with E-state index in [-0.39, 0.29) is 16.7 Å². The summed E-state index contributed by atoms with van der Waals surface area (Å²) in [5.41, 5.74) is -0.373. The number of carbonyl (C=O) groups excluding carboxylic acids is 1. The average Bonchev–Trinajstić information content (AvgIpc) is 2.46. The average molecular weight is 240 g/mol. The topological polar surface area (TPSA) is 42.0 Å². The Balaban J connectivity index is 2.84. The lowest BCUT2D eigenvalue weighted by molar-refractivity contribution is 0.0863. The van der Waals surface area contributed by atoms with Crippen molar-refractivity contribution in [3.63, 3.8) is 0 Å². The molecule has 16 heavy (non-hydrogen) atoms. The molecule has 1 heterocycles. The van der Waals surface area contributed by atoms with Crippen LogP contribution in [0, 0.1) is 5.41 Å². The predicted molar refractivity (Wildman–Crippen MR) is 69.3 cm³/mol. The molecule has 4 heteroatoms. The van der Waals surface area contributed by atoms with Crippen LogP contribution in [0.4, 0.5) is 5.82 Å². The van der Waals surface area contributed by atoms with Gasteiger partial charge in [-0.15, -0.1) is 0 Å². The van der Waals surface area contributed by atoms with E-state index in [1.165, 1.54) is 11.5 Å². The van der Waals surface area contributed by atoms with E-state index < -0.39 is 0 Å². The number of rotatable bonds is 2. The summed E-state index contributed by atoms with van der Waals surface area (Å²) < 4.78 is 4.25. The molecule has 0 bridgehead atoms. The first kappa shape index (κ1) is 13.2. The molecule has 0 saturated heterocycles. The van der Waals surface area contributed by atoms with Crippen LogP contribution < -0.4 is 5.32 Å². The molecule has 1 aromatic heterocycles. The highest BCUT2D eigenvalue weighted by Crippen LogP contribution is 2.26. The Labute approximate surface area is 101 Å². The van der Waals surface area contributed by atoms with Crippen molar-refractivity contribution < 1.29 is 4.79 Å². The third-order valence-corrected chi connectivity index (χ3v) is 2.71. The van der Waals surface area contributed by atoms with Gasteiger partial charge in [0.25, 0.3) is 0 Å². The molecule has 0 radical (unpaired) electrons. The largest absolute Gasteiger partial charge is 0.365 e. The molecule has 0 aliphatic rings. The summed E-state index contributed by atoms with van der Waals surface area (Å²) in [6.07, 6.45) is 0. The van der Waals surface area contributed by atoms with E-state index in [1.54, 1.807) is 0 Å². The van der Waals surface area contributed by atoms with Crippen molar-refractivity contribution >= 4 is 23.1 Å². The molecule has 0 spiro atoms. The van der Waals surface area contributed by atoms with Crippen LogP contribution in [0.1, 0.15) is 51.2 Å². The smallest absolute Gasteiger partial charge is 0.179 e. The van der Waals surface area contributed by atoms with Gasteiger partial charge in [0, 0.05) is 17.0 Å². The zero-order chi connectivity index (χ0) is 12.6. The van der Waals surface area contributed by atoms with Crippen molar-refractivity contribution in [1.29, 1.82) is 0 Å². The lowest BCUT2D eigenvalue weighted by Crippen LogP contribution is -2.26. The fourth-order valence-electron chi connectivity index (χ4n) is 1.19. The maximum absolute atomic E-state index is 12.0. The van der Waals surface area contributed by atoms with E-state index in [4.69, 9.17) is 0 Å². The van der Waals surface area contributed by atoms with E-state index >= 15 is 0 Å². The van der Waals surface area contributed by atoms with E-state index in [9.17, 15) is 4.79 Å². The van der Waals surface area contributed by atoms with E-state index in [2.05, 4.69) is 30.5 Å². The van der Waals surface area contributed by atoms with Gasteiger partial charge in [0.2, 0.25) is 0 Å². The lowest BCUT2D eigenvalue weighted by atomic mass is 9.90. The Morgan fingerprint density at radius 3 is 2.25 bits per heavy atom. The Hall–Kier alpha value is -0.900. The Kier molecular flexibility index (Phi) is 3.43. The summed E-state index contributed by atoms with van der Waals surface area (Å²) in [6, 6.07) is 1.84. The molecule has 0 saturated carbocycles. The van der Waals surface area contributed by atoms with Gasteiger partial charge >= 0.3 is 0 Å². The van der Waals surface area contributed by atoms with E-state index in [0.29, 0.717) is 0 Å². The van der Waals surface area contributed by atoms with Crippen LogP contribution in [-0.2, 0) is 0 Å². The quantitative estimate of drug-likeness (QED) is 0.803. The maximum Gasteiger partial charge on any atom is 0.179 e. The first-order chi connectivity index (χ1) is 7.09. The molecule has 1 aromatic rings. The summed E-state index contributed by atoms with van der Waals surface area (Å²) in [5.74, 6) is 0.928.